The molecule has 1 amide bonds. The number of hydrogen-bond donors (Lipinski definition) is 1. The van der Waals surface area contributed by atoms with Crippen LogP contribution in [0.5, 0.6) is 0 Å². The van der Waals surface area contributed by atoms with E-state index in [-0.39, 0.29) is 11.6 Å². The van der Waals surface area contributed by atoms with Gasteiger partial charge < -0.3 is 4.90 Å². The van der Waals surface area contributed by atoms with Crippen LogP contribution in [0, 0.1) is 10.1 Å². The summed E-state index contributed by atoms with van der Waals surface area (Å²) in [5.41, 5.74) is 3.66. The Morgan fingerprint density at radius 3 is 2.55 bits per heavy atom. The molecule has 1 aromatic rings. The number of nitro groups is 1. The van der Waals surface area contributed by atoms with Gasteiger partial charge in [0.15, 0.2) is 0 Å². The molecular formula is C13H18N4O3. The summed E-state index contributed by atoms with van der Waals surface area (Å²) in [6.07, 6.45) is 2.15. The van der Waals surface area contributed by atoms with E-state index in [1.165, 1.54) is 17.1 Å². The maximum Gasteiger partial charge on any atom is 0.270 e. The first-order valence-electron chi connectivity index (χ1n) is 6.51. The number of nitrogens with one attached hydrogen (secondary N) is 1. The fraction of sp³-hybridized carbons (Fsp3) is 0.462. The van der Waals surface area contributed by atoms with Crippen molar-refractivity contribution in [2.75, 3.05) is 32.1 Å². The van der Waals surface area contributed by atoms with E-state index < -0.39 is 4.92 Å². The van der Waals surface area contributed by atoms with Gasteiger partial charge in [-0.05, 0) is 18.9 Å². The number of nitrogens with zero attached hydrogens (tertiary/aromatic N) is 3. The predicted octanol–water partition coefficient (Wildman–Crippen LogP) is 1.40. The Balaban J connectivity index is 2.39. The second kappa shape index (κ2) is 5.87. The summed E-state index contributed by atoms with van der Waals surface area (Å²) in [5, 5.41) is 12.4. The highest BCUT2D eigenvalue weighted by Crippen LogP contribution is 2.28. The molecule has 0 bridgehead atoms. The second-order valence-electron chi connectivity index (χ2n) is 4.99. The van der Waals surface area contributed by atoms with Gasteiger partial charge in [-0.2, -0.15) is 0 Å². The maximum absolute atomic E-state index is 12.2. The molecule has 1 fully saturated rings. The molecule has 0 aliphatic carbocycles. The van der Waals surface area contributed by atoms with Crippen molar-refractivity contribution in [1.29, 1.82) is 0 Å². The van der Waals surface area contributed by atoms with E-state index >= 15 is 0 Å². The molecule has 2 rings (SSSR count). The summed E-state index contributed by atoms with van der Waals surface area (Å²) >= 11 is 0. The average molecular weight is 278 g/mol. The molecule has 7 heteroatoms. The molecule has 20 heavy (non-hydrogen) atoms. The largest absolute Gasteiger partial charge is 0.371 e. The number of carbonyl (C=O) groups is 1. The Bertz CT molecular complexity index is 524. The average Bonchev–Trinajstić information content (AvgIpc) is 2.90. The normalized spacial score (nSPS) is 14.7. The number of nitro benzene ring substituents is 1. The number of anilines is 1. The van der Waals surface area contributed by atoms with Crippen LogP contribution in [0.1, 0.15) is 23.2 Å². The van der Waals surface area contributed by atoms with Gasteiger partial charge in [0, 0.05) is 39.3 Å². The first-order chi connectivity index (χ1) is 9.49. The van der Waals surface area contributed by atoms with Crippen LogP contribution < -0.4 is 10.3 Å². The number of hydrogen-bond acceptors (Lipinski definition) is 5. The lowest BCUT2D eigenvalue weighted by Crippen LogP contribution is -2.37. The summed E-state index contributed by atoms with van der Waals surface area (Å²) in [4.78, 5) is 24.7. The van der Waals surface area contributed by atoms with Crippen LogP contribution in [0.3, 0.4) is 0 Å². The summed E-state index contributed by atoms with van der Waals surface area (Å²) in [5.74, 6) is -0.333. The highest BCUT2D eigenvalue weighted by atomic mass is 16.6. The first-order valence-corrected chi connectivity index (χ1v) is 6.51. The van der Waals surface area contributed by atoms with Crippen molar-refractivity contribution in [1.82, 2.24) is 10.4 Å². The molecule has 1 N–H and O–H groups in total. The van der Waals surface area contributed by atoms with Gasteiger partial charge in [-0.1, -0.05) is 0 Å². The van der Waals surface area contributed by atoms with Crippen LogP contribution in [0.25, 0.3) is 0 Å². The molecule has 1 saturated heterocycles. The van der Waals surface area contributed by atoms with Crippen molar-refractivity contribution in [3.63, 3.8) is 0 Å². The van der Waals surface area contributed by atoms with Gasteiger partial charge in [0.2, 0.25) is 0 Å². The Morgan fingerprint density at radius 1 is 1.35 bits per heavy atom. The Kier molecular flexibility index (Phi) is 4.19. The quantitative estimate of drug-likeness (QED) is 0.665. The molecule has 0 radical (unpaired) electrons. The zero-order valence-corrected chi connectivity index (χ0v) is 11.6. The summed E-state index contributed by atoms with van der Waals surface area (Å²) in [7, 11) is 3.40. The molecule has 7 nitrogen and oxygen atoms in total. The summed E-state index contributed by atoms with van der Waals surface area (Å²) < 4.78 is 0. The molecule has 0 spiro atoms. The smallest absolute Gasteiger partial charge is 0.270 e. The van der Waals surface area contributed by atoms with Crippen molar-refractivity contribution in [3.8, 4) is 0 Å². The molecule has 0 aromatic heterocycles. The molecule has 0 unspecified atom stereocenters. The fourth-order valence-corrected chi connectivity index (χ4v) is 2.32. The van der Waals surface area contributed by atoms with Crippen LogP contribution in [0.4, 0.5) is 11.4 Å². The number of carbonyl (C=O) groups excluding carboxylic acids is 1. The van der Waals surface area contributed by atoms with E-state index in [0.717, 1.165) is 31.6 Å². The first kappa shape index (κ1) is 14.3. The van der Waals surface area contributed by atoms with Gasteiger partial charge >= 0.3 is 0 Å². The van der Waals surface area contributed by atoms with Gasteiger partial charge in [0.05, 0.1) is 16.2 Å². The van der Waals surface area contributed by atoms with Gasteiger partial charge in [-0.15, -0.1) is 0 Å². The molecular weight excluding hydrogens is 260 g/mol. The topological polar surface area (TPSA) is 78.7 Å². The fourth-order valence-electron chi connectivity index (χ4n) is 2.32. The zero-order chi connectivity index (χ0) is 14.7. The Hall–Kier alpha value is -2.15. The number of benzene rings is 1. The van der Waals surface area contributed by atoms with Crippen molar-refractivity contribution in [2.24, 2.45) is 0 Å². The van der Waals surface area contributed by atoms with E-state index in [1.807, 2.05) is 0 Å². The van der Waals surface area contributed by atoms with E-state index in [4.69, 9.17) is 0 Å². The Morgan fingerprint density at radius 2 is 2.00 bits per heavy atom. The molecule has 0 saturated carbocycles. The monoisotopic (exact) mass is 278 g/mol. The minimum atomic E-state index is -0.486. The van der Waals surface area contributed by atoms with Gasteiger partial charge in [-0.25, -0.2) is 5.01 Å². The summed E-state index contributed by atoms with van der Waals surface area (Å²) in [6, 6.07) is 4.45. The van der Waals surface area contributed by atoms with Crippen LogP contribution in [-0.4, -0.2) is 43.0 Å². The van der Waals surface area contributed by atoms with E-state index in [9.17, 15) is 14.9 Å². The molecule has 1 aliphatic rings. The number of amides is 1. The number of rotatable bonds is 4. The highest BCUT2D eigenvalue weighted by Gasteiger charge is 2.22. The maximum atomic E-state index is 12.2. The van der Waals surface area contributed by atoms with Gasteiger partial charge in [0.1, 0.15) is 0 Å². The minimum absolute atomic E-state index is 0.0724. The molecule has 108 valence electrons. The lowest BCUT2D eigenvalue weighted by atomic mass is 10.1. The standard InChI is InChI=1S/C13H18N4O3/c1-15(2)14-13(18)11-9-10(17(19)20)5-6-12(11)16-7-3-4-8-16/h5-6,9H,3-4,7-8H2,1-2H3,(H,14,18). The highest BCUT2D eigenvalue weighted by molar-refractivity contribution is 6.00. The predicted molar refractivity (Wildman–Crippen MR) is 75.7 cm³/mol. The van der Waals surface area contributed by atoms with Crippen molar-refractivity contribution in [2.45, 2.75) is 12.8 Å². The van der Waals surface area contributed by atoms with Crippen molar-refractivity contribution < 1.29 is 9.72 Å². The number of non-ortho nitro benzene ring substituents is 1. The van der Waals surface area contributed by atoms with Crippen molar-refractivity contribution >= 4 is 17.3 Å². The zero-order valence-electron chi connectivity index (χ0n) is 11.6. The summed E-state index contributed by atoms with van der Waals surface area (Å²) in [6.45, 7) is 1.75. The molecule has 1 heterocycles. The van der Waals surface area contributed by atoms with Crippen LogP contribution >= 0.6 is 0 Å². The van der Waals surface area contributed by atoms with E-state index in [0.29, 0.717) is 5.56 Å². The van der Waals surface area contributed by atoms with Gasteiger partial charge in [0.25, 0.3) is 11.6 Å². The lowest BCUT2D eigenvalue weighted by Gasteiger charge is -2.21. The molecule has 1 aromatic carbocycles. The number of hydrazine groups is 1. The third-order valence-corrected chi connectivity index (χ3v) is 3.21. The second-order valence-corrected chi connectivity index (χ2v) is 4.99. The Labute approximate surface area is 117 Å². The van der Waals surface area contributed by atoms with E-state index in [1.54, 1.807) is 20.2 Å². The SMILES string of the molecule is CN(C)NC(=O)c1cc([N+](=O)[O-])ccc1N1CCCC1. The van der Waals surface area contributed by atoms with Crippen LogP contribution in [-0.2, 0) is 0 Å². The van der Waals surface area contributed by atoms with Crippen molar-refractivity contribution in [3.05, 3.63) is 33.9 Å². The lowest BCUT2D eigenvalue weighted by molar-refractivity contribution is -0.384. The van der Waals surface area contributed by atoms with E-state index in [2.05, 4.69) is 10.3 Å². The van der Waals surface area contributed by atoms with Crippen LogP contribution in [0.2, 0.25) is 0 Å². The van der Waals surface area contributed by atoms with Gasteiger partial charge in [-0.3, -0.25) is 20.3 Å². The third kappa shape index (κ3) is 3.05. The van der Waals surface area contributed by atoms with Crippen LogP contribution in [0.15, 0.2) is 18.2 Å². The minimum Gasteiger partial charge on any atom is -0.371 e. The third-order valence-electron chi connectivity index (χ3n) is 3.21. The molecule has 0 atom stereocenters. The molecule has 1 aliphatic heterocycles.